The van der Waals surface area contributed by atoms with E-state index < -0.39 is 19.7 Å². The van der Waals surface area contributed by atoms with Crippen molar-refractivity contribution in [2.24, 2.45) is 0 Å². The molecular weight excluding hydrogens is 663 g/mol. The van der Waals surface area contributed by atoms with Gasteiger partial charge < -0.3 is 44.2 Å². The van der Waals surface area contributed by atoms with E-state index in [1.165, 1.54) is 18.2 Å². The van der Waals surface area contributed by atoms with Crippen LogP contribution in [0.2, 0.25) is 0 Å². The van der Waals surface area contributed by atoms with Crippen LogP contribution < -0.4 is 40.0 Å². The maximum atomic E-state index is 13.0. The number of anilines is 1. The van der Waals surface area contributed by atoms with Gasteiger partial charge >= 0.3 is 7.82 Å². The molecule has 3 aromatic rings. The summed E-state index contributed by atoms with van der Waals surface area (Å²) in [4.78, 5) is 59.5. The number of fused-ring (bicyclic) bond motifs is 2. The SMILES string of the molecule is CN(C)c1ccc2c(-c3ccc(C(=O)NCCNC(=O)CCc4ccc(OP(=O)([O-])O)cc4)cc3C(=O)[O-])c3ccc(=[N+](C)C)cc-3oc2c1. The predicted octanol–water partition coefficient (Wildman–Crippen LogP) is 1.98. The number of benzene rings is 4. The van der Waals surface area contributed by atoms with E-state index in [4.69, 9.17) is 9.31 Å². The first-order valence-corrected chi connectivity index (χ1v) is 17.1. The van der Waals surface area contributed by atoms with Gasteiger partial charge in [-0.15, -0.1) is 0 Å². The molecule has 1 atom stereocenters. The fourth-order valence-corrected chi connectivity index (χ4v) is 5.85. The van der Waals surface area contributed by atoms with Gasteiger partial charge in [0, 0.05) is 79.1 Å². The molecule has 0 saturated heterocycles. The second-order valence-electron chi connectivity index (χ2n) is 12.0. The van der Waals surface area contributed by atoms with Gasteiger partial charge in [-0.2, -0.15) is 0 Å². The van der Waals surface area contributed by atoms with Crippen molar-refractivity contribution >= 4 is 42.3 Å². The molecule has 0 saturated carbocycles. The summed E-state index contributed by atoms with van der Waals surface area (Å²) in [6.07, 6.45) is 0.492. The third-order valence-corrected chi connectivity index (χ3v) is 8.45. The number of aryl methyl sites for hydroxylation is 1. The van der Waals surface area contributed by atoms with Crippen molar-refractivity contribution in [3.63, 3.8) is 0 Å². The van der Waals surface area contributed by atoms with Gasteiger partial charge in [0.2, 0.25) is 11.3 Å². The number of aromatic carboxylic acids is 1. The number of nitrogens with one attached hydrogen (secondary N) is 2. The molecule has 0 bridgehead atoms. The zero-order chi connectivity index (χ0) is 36.2. The highest BCUT2D eigenvalue weighted by Crippen LogP contribution is 2.42. The Morgan fingerprint density at radius 2 is 1.62 bits per heavy atom. The Kier molecular flexibility index (Phi) is 10.7. The predicted molar refractivity (Wildman–Crippen MR) is 185 cm³/mol. The van der Waals surface area contributed by atoms with Crippen molar-refractivity contribution in [2.75, 3.05) is 46.2 Å². The molecule has 1 unspecified atom stereocenters. The summed E-state index contributed by atoms with van der Waals surface area (Å²) in [5.41, 5.74) is 3.86. The number of hydrogen-bond acceptors (Lipinski definition) is 9. The average Bonchev–Trinajstić information content (AvgIpc) is 3.07. The minimum atomic E-state index is -4.90. The Balaban J connectivity index is 1.30. The smallest absolute Gasteiger partial charge is 0.317 e. The number of carbonyl (C=O) groups is 3. The monoisotopic (exact) mass is 699 g/mol. The number of rotatable bonds is 12. The molecule has 13 nitrogen and oxygen atoms in total. The fraction of sp³-hybridized carbons (Fsp3) is 0.222. The lowest BCUT2D eigenvalue weighted by atomic mass is 9.89. The summed E-state index contributed by atoms with van der Waals surface area (Å²) in [6.45, 7) is 0.223. The van der Waals surface area contributed by atoms with Crippen molar-refractivity contribution in [3.05, 3.63) is 101 Å². The first-order chi connectivity index (χ1) is 23.7. The lowest BCUT2D eigenvalue weighted by Crippen LogP contribution is -2.35. The van der Waals surface area contributed by atoms with E-state index in [9.17, 15) is 28.9 Å². The van der Waals surface area contributed by atoms with Gasteiger partial charge in [-0.25, -0.2) is 4.58 Å². The molecule has 14 heteroatoms. The highest BCUT2D eigenvalue weighted by molar-refractivity contribution is 7.45. The lowest BCUT2D eigenvalue weighted by molar-refractivity contribution is -0.255. The van der Waals surface area contributed by atoms with Gasteiger partial charge in [0.1, 0.15) is 31.2 Å². The molecule has 50 heavy (non-hydrogen) atoms. The first-order valence-electron chi connectivity index (χ1n) is 15.6. The molecule has 0 radical (unpaired) electrons. The largest absolute Gasteiger partial charge is 0.746 e. The molecule has 0 spiro atoms. The Morgan fingerprint density at radius 3 is 2.28 bits per heavy atom. The van der Waals surface area contributed by atoms with Crippen LogP contribution in [0.4, 0.5) is 5.69 Å². The average molecular weight is 700 g/mol. The van der Waals surface area contributed by atoms with Crippen molar-refractivity contribution in [1.29, 1.82) is 0 Å². The molecular formula is C36H36N4O9P-. The standard InChI is InChI=1S/C36H37N4O9P/c1-39(2)24-9-14-28-31(20-24)48-32-21-25(40(3)4)10-15-29(32)34(28)27-13-8-23(19-30(27)36(43)44)35(42)38-18-17-37-33(41)16-7-22-5-11-26(12-6-22)49-50(45,46)47/h5-6,8-15,19-21H,7,16-18H2,1-4H3,(H4-,37,38,41,42,43,44,45,46,47)/p-1. The maximum Gasteiger partial charge on any atom is 0.317 e. The number of amides is 2. The zero-order valence-corrected chi connectivity index (χ0v) is 28.8. The summed E-state index contributed by atoms with van der Waals surface area (Å²) in [5.74, 6) is -1.73. The third-order valence-electron chi connectivity index (χ3n) is 8.01. The van der Waals surface area contributed by atoms with E-state index in [1.54, 1.807) is 24.3 Å². The number of hydrogen-bond donors (Lipinski definition) is 3. The zero-order valence-electron chi connectivity index (χ0n) is 27.9. The van der Waals surface area contributed by atoms with Crippen LogP contribution in [0, 0.1) is 0 Å². The molecule has 3 aromatic carbocycles. The summed E-state index contributed by atoms with van der Waals surface area (Å²) < 4.78 is 23.5. The minimum absolute atomic E-state index is 0.0495. The van der Waals surface area contributed by atoms with Crippen molar-refractivity contribution in [2.45, 2.75) is 12.8 Å². The number of phosphoric ester groups is 1. The summed E-state index contributed by atoms with van der Waals surface area (Å²) in [6, 6.07) is 21.7. The molecule has 1 aliphatic heterocycles. The molecule has 1 heterocycles. The first kappa shape index (κ1) is 35.8. The number of nitrogens with zero attached hydrogens (tertiary/aromatic N) is 2. The van der Waals surface area contributed by atoms with Crippen LogP contribution in [0.15, 0.2) is 83.3 Å². The third kappa shape index (κ3) is 8.56. The lowest BCUT2D eigenvalue weighted by Gasteiger charge is -2.20. The summed E-state index contributed by atoms with van der Waals surface area (Å²) >= 11 is 0. The Morgan fingerprint density at radius 1 is 0.920 bits per heavy atom. The number of carbonyl (C=O) groups excluding carboxylic acids is 3. The summed E-state index contributed by atoms with van der Waals surface area (Å²) in [5, 5.41) is 19.5. The van der Waals surface area contributed by atoms with Crippen LogP contribution in [0.3, 0.4) is 0 Å². The highest BCUT2D eigenvalue weighted by Gasteiger charge is 2.22. The van der Waals surface area contributed by atoms with Gasteiger partial charge in [0.05, 0.1) is 12.0 Å². The van der Waals surface area contributed by atoms with E-state index in [0.717, 1.165) is 16.6 Å². The summed E-state index contributed by atoms with van der Waals surface area (Å²) in [7, 11) is 2.76. The molecule has 1 aliphatic carbocycles. The quantitative estimate of drug-likeness (QED) is 0.0753. The van der Waals surface area contributed by atoms with Gasteiger partial charge in [0.25, 0.3) is 5.91 Å². The van der Waals surface area contributed by atoms with Gasteiger partial charge in [0.15, 0.2) is 0 Å². The maximum absolute atomic E-state index is 13.0. The Labute approximate surface area is 288 Å². The second kappa shape index (κ2) is 15.0. The molecule has 5 rings (SSSR count). The topological polar surface area (TPSA) is 187 Å². The van der Waals surface area contributed by atoms with Crippen molar-refractivity contribution < 1.29 is 42.8 Å². The number of carboxylic acid groups (broad SMARTS) is 1. The Hall–Kier alpha value is -5.49. The van der Waals surface area contributed by atoms with Crippen LogP contribution in [0.25, 0.3) is 33.4 Å². The van der Waals surface area contributed by atoms with E-state index >= 15 is 0 Å². The minimum Gasteiger partial charge on any atom is -0.746 e. The molecule has 0 aromatic heterocycles. The van der Waals surface area contributed by atoms with Crippen LogP contribution in [0.1, 0.15) is 32.7 Å². The van der Waals surface area contributed by atoms with Gasteiger partial charge in [-0.3, -0.25) is 14.2 Å². The van der Waals surface area contributed by atoms with Gasteiger partial charge in [-0.1, -0.05) is 18.2 Å². The van der Waals surface area contributed by atoms with Crippen LogP contribution >= 0.6 is 7.82 Å². The van der Waals surface area contributed by atoms with Crippen LogP contribution in [0.5, 0.6) is 5.75 Å². The van der Waals surface area contributed by atoms with E-state index in [2.05, 4.69) is 15.2 Å². The van der Waals surface area contributed by atoms with E-state index in [-0.39, 0.29) is 42.3 Å². The van der Waals surface area contributed by atoms with Crippen molar-refractivity contribution in [3.8, 4) is 28.2 Å². The van der Waals surface area contributed by atoms with Crippen molar-refractivity contribution in [1.82, 2.24) is 15.2 Å². The second-order valence-corrected chi connectivity index (χ2v) is 13.1. The molecule has 2 aliphatic rings. The molecule has 0 fully saturated rings. The Bertz CT molecular complexity index is 2170. The van der Waals surface area contributed by atoms with E-state index in [0.29, 0.717) is 39.8 Å². The van der Waals surface area contributed by atoms with Crippen LogP contribution in [-0.4, -0.2) is 64.0 Å². The fourth-order valence-electron chi connectivity index (χ4n) is 5.46. The molecule has 260 valence electrons. The number of phosphoric acid groups is 1. The highest BCUT2D eigenvalue weighted by atomic mass is 31.2. The molecule has 3 N–H and O–H groups in total. The molecule has 2 amide bonds. The normalized spacial score (nSPS) is 12.3. The van der Waals surface area contributed by atoms with Crippen LogP contribution in [-0.2, 0) is 15.8 Å². The van der Waals surface area contributed by atoms with Gasteiger partial charge in [-0.05, 0) is 60.0 Å². The number of carboxylic acids is 1. The van der Waals surface area contributed by atoms with E-state index in [1.807, 2.05) is 74.1 Å².